The topological polar surface area (TPSA) is 62.4 Å². The summed E-state index contributed by atoms with van der Waals surface area (Å²) in [4.78, 5) is 6.81. The van der Waals surface area contributed by atoms with Crippen molar-refractivity contribution in [1.82, 2.24) is 15.0 Å². The van der Waals surface area contributed by atoms with Gasteiger partial charge in [-0.3, -0.25) is 4.90 Å². The van der Waals surface area contributed by atoms with Gasteiger partial charge in [-0.15, -0.1) is 0 Å². The molecule has 2 heterocycles. The van der Waals surface area contributed by atoms with Crippen LogP contribution in [0.25, 0.3) is 0 Å². The highest BCUT2D eigenvalue weighted by atomic mass is 16.5. The van der Waals surface area contributed by atoms with Crippen LogP contribution in [0.2, 0.25) is 0 Å². The van der Waals surface area contributed by atoms with E-state index in [1.54, 1.807) is 0 Å². The Morgan fingerprint density at radius 3 is 2.96 bits per heavy atom. The number of aromatic nitrogens is 2. The van der Waals surface area contributed by atoms with E-state index in [9.17, 15) is 5.11 Å². The van der Waals surface area contributed by atoms with Crippen LogP contribution in [0, 0.1) is 0 Å². The van der Waals surface area contributed by atoms with Crippen LogP contribution in [-0.4, -0.2) is 32.7 Å². The van der Waals surface area contributed by atoms with Gasteiger partial charge in [0, 0.05) is 12.5 Å². The van der Waals surface area contributed by atoms with Crippen LogP contribution in [0.4, 0.5) is 0 Å². The largest absolute Gasteiger partial charge is 0.388 e. The molecule has 1 N–H and O–H groups in total. The third-order valence-corrected chi connectivity index (χ3v) is 4.50. The first kappa shape index (κ1) is 16.1. The van der Waals surface area contributed by atoms with Crippen molar-refractivity contribution in [2.45, 2.75) is 57.7 Å². The number of hydrogen-bond acceptors (Lipinski definition) is 5. The normalized spacial score (nSPS) is 20.0. The standard InChI is InChI=1S/C18H25N3O2/c1-2-7-17-19-18(23-20-17)13-21-11-6-10-15(21)12-16(22)14-8-4-3-5-9-14/h3-5,8-9,15-16,22H,2,6-7,10-13H2,1H3. The van der Waals surface area contributed by atoms with Crippen molar-refractivity contribution in [3.05, 3.63) is 47.6 Å². The molecule has 5 heteroatoms. The molecule has 0 saturated carbocycles. The molecular weight excluding hydrogens is 290 g/mol. The minimum atomic E-state index is -0.417. The minimum absolute atomic E-state index is 0.367. The Labute approximate surface area is 137 Å². The van der Waals surface area contributed by atoms with Gasteiger partial charge in [0.1, 0.15) is 0 Å². The molecule has 1 aromatic heterocycles. The predicted molar refractivity (Wildman–Crippen MR) is 87.7 cm³/mol. The van der Waals surface area contributed by atoms with Crippen molar-refractivity contribution in [1.29, 1.82) is 0 Å². The van der Waals surface area contributed by atoms with E-state index >= 15 is 0 Å². The molecule has 0 amide bonds. The number of likely N-dealkylation sites (tertiary alicyclic amines) is 1. The van der Waals surface area contributed by atoms with Gasteiger partial charge in [-0.05, 0) is 37.8 Å². The first-order valence-corrected chi connectivity index (χ1v) is 8.54. The molecule has 0 spiro atoms. The van der Waals surface area contributed by atoms with Crippen LogP contribution in [0.5, 0.6) is 0 Å². The molecule has 2 aromatic rings. The van der Waals surface area contributed by atoms with Crippen LogP contribution in [0.1, 0.15) is 56.0 Å². The Morgan fingerprint density at radius 2 is 2.17 bits per heavy atom. The summed E-state index contributed by atoms with van der Waals surface area (Å²) in [5.41, 5.74) is 0.988. The molecule has 23 heavy (non-hydrogen) atoms. The molecule has 1 aromatic carbocycles. The Bertz CT molecular complexity index is 599. The molecule has 3 rings (SSSR count). The second kappa shape index (κ2) is 7.70. The number of benzene rings is 1. The number of aliphatic hydroxyl groups excluding tert-OH is 1. The summed E-state index contributed by atoms with van der Waals surface area (Å²) in [6.07, 6.45) is 4.48. The molecule has 2 unspecified atom stereocenters. The predicted octanol–water partition coefficient (Wildman–Crippen LogP) is 3.11. The Morgan fingerprint density at radius 1 is 1.35 bits per heavy atom. The Balaban J connectivity index is 1.59. The van der Waals surface area contributed by atoms with Gasteiger partial charge < -0.3 is 9.63 Å². The number of aryl methyl sites for hydroxylation is 1. The van der Waals surface area contributed by atoms with Gasteiger partial charge in [0.2, 0.25) is 5.89 Å². The van der Waals surface area contributed by atoms with Gasteiger partial charge in [-0.2, -0.15) is 4.98 Å². The van der Waals surface area contributed by atoms with Gasteiger partial charge in [0.25, 0.3) is 0 Å². The number of aliphatic hydroxyl groups is 1. The zero-order valence-electron chi connectivity index (χ0n) is 13.7. The molecule has 0 bridgehead atoms. The second-order valence-electron chi connectivity index (χ2n) is 6.28. The zero-order chi connectivity index (χ0) is 16.1. The van der Waals surface area contributed by atoms with E-state index < -0.39 is 6.10 Å². The summed E-state index contributed by atoms with van der Waals surface area (Å²) < 4.78 is 5.35. The Kier molecular flexibility index (Phi) is 5.41. The summed E-state index contributed by atoms with van der Waals surface area (Å²) >= 11 is 0. The third-order valence-electron chi connectivity index (χ3n) is 4.50. The van der Waals surface area contributed by atoms with Crippen LogP contribution in [0.3, 0.4) is 0 Å². The fourth-order valence-corrected chi connectivity index (χ4v) is 3.29. The maximum atomic E-state index is 10.5. The van der Waals surface area contributed by atoms with Gasteiger partial charge in [0.05, 0.1) is 12.6 Å². The average Bonchev–Trinajstić information content (AvgIpc) is 3.19. The van der Waals surface area contributed by atoms with Crippen molar-refractivity contribution in [3.8, 4) is 0 Å². The maximum Gasteiger partial charge on any atom is 0.240 e. The highest BCUT2D eigenvalue weighted by molar-refractivity contribution is 5.17. The summed E-state index contributed by atoms with van der Waals surface area (Å²) in [6.45, 7) is 3.82. The maximum absolute atomic E-state index is 10.5. The molecule has 0 radical (unpaired) electrons. The molecule has 1 aliphatic heterocycles. The van der Waals surface area contributed by atoms with Crippen LogP contribution in [-0.2, 0) is 13.0 Å². The molecule has 5 nitrogen and oxygen atoms in total. The lowest BCUT2D eigenvalue weighted by Crippen LogP contribution is -2.30. The average molecular weight is 315 g/mol. The number of rotatable bonds is 7. The van der Waals surface area contributed by atoms with E-state index in [0.717, 1.165) is 50.0 Å². The van der Waals surface area contributed by atoms with Gasteiger partial charge in [-0.1, -0.05) is 42.4 Å². The number of hydrogen-bond donors (Lipinski definition) is 1. The van der Waals surface area contributed by atoms with Gasteiger partial charge in [0.15, 0.2) is 5.82 Å². The zero-order valence-corrected chi connectivity index (χ0v) is 13.7. The van der Waals surface area contributed by atoms with Crippen LogP contribution < -0.4 is 0 Å². The highest BCUT2D eigenvalue weighted by Crippen LogP contribution is 2.28. The van der Waals surface area contributed by atoms with E-state index in [2.05, 4.69) is 22.0 Å². The minimum Gasteiger partial charge on any atom is -0.388 e. The highest BCUT2D eigenvalue weighted by Gasteiger charge is 2.28. The molecule has 0 aliphatic carbocycles. The Hall–Kier alpha value is -1.72. The molecule has 124 valence electrons. The van der Waals surface area contributed by atoms with Crippen molar-refractivity contribution in [2.75, 3.05) is 6.54 Å². The lowest BCUT2D eigenvalue weighted by molar-refractivity contribution is 0.112. The van der Waals surface area contributed by atoms with Crippen molar-refractivity contribution >= 4 is 0 Å². The van der Waals surface area contributed by atoms with E-state index in [-0.39, 0.29) is 0 Å². The monoisotopic (exact) mass is 315 g/mol. The number of nitrogens with zero attached hydrogens (tertiary/aromatic N) is 3. The van der Waals surface area contributed by atoms with Crippen molar-refractivity contribution in [2.24, 2.45) is 0 Å². The first-order chi connectivity index (χ1) is 11.3. The van der Waals surface area contributed by atoms with Gasteiger partial charge in [-0.25, -0.2) is 0 Å². The fraction of sp³-hybridized carbons (Fsp3) is 0.556. The smallest absolute Gasteiger partial charge is 0.240 e. The van der Waals surface area contributed by atoms with E-state index in [1.807, 2.05) is 30.3 Å². The third kappa shape index (κ3) is 4.18. The second-order valence-corrected chi connectivity index (χ2v) is 6.28. The lowest BCUT2D eigenvalue weighted by atomic mass is 10.0. The summed E-state index contributed by atoms with van der Waals surface area (Å²) in [7, 11) is 0. The molecule has 1 fully saturated rings. The lowest BCUT2D eigenvalue weighted by Gasteiger charge is -2.25. The summed E-state index contributed by atoms with van der Waals surface area (Å²) in [6, 6.07) is 10.3. The van der Waals surface area contributed by atoms with Crippen molar-refractivity contribution in [3.63, 3.8) is 0 Å². The fourth-order valence-electron chi connectivity index (χ4n) is 3.29. The van der Waals surface area contributed by atoms with E-state index in [1.165, 1.54) is 0 Å². The molecule has 2 atom stereocenters. The molecule has 1 aliphatic rings. The van der Waals surface area contributed by atoms with Gasteiger partial charge >= 0.3 is 0 Å². The van der Waals surface area contributed by atoms with E-state index in [4.69, 9.17) is 4.52 Å². The van der Waals surface area contributed by atoms with Crippen LogP contribution in [0.15, 0.2) is 34.9 Å². The molecule has 1 saturated heterocycles. The summed E-state index contributed by atoms with van der Waals surface area (Å²) in [5.74, 6) is 1.48. The van der Waals surface area contributed by atoms with Crippen LogP contribution >= 0.6 is 0 Å². The molecular formula is C18H25N3O2. The SMILES string of the molecule is CCCc1noc(CN2CCCC2CC(O)c2ccccc2)n1. The van der Waals surface area contributed by atoms with E-state index in [0.29, 0.717) is 18.5 Å². The quantitative estimate of drug-likeness (QED) is 0.850. The van der Waals surface area contributed by atoms with Crippen molar-refractivity contribution < 1.29 is 9.63 Å². The summed E-state index contributed by atoms with van der Waals surface area (Å²) in [5, 5.41) is 14.5. The first-order valence-electron chi connectivity index (χ1n) is 8.54.